The van der Waals surface area contributed by atoms with E-state index < -0.39 is 22.8 Å². The molecule has 1 atom stereocenters. The molecule has 8 heteroatoms. The Morgan fingerprint density at radius 1 is 1.41 bits per heavy atom. The molecule has 2 aromatic rings. The molecule has 22 heavy (non-hydrogen) atoms. The van der Waals surface area contributed by atoms with Gasteiger partial charge in [-0.3, -0.25) is 4.79 Å². The first-order valence-electron chi connectivity index (χ1n) is 6.30. The Labute approximate surface area is 131 Å². The Morgan fingerprint density at radius 2 is 2.18 bits per heavy atom. The number of ether oxygens (including phenoxy) is 1. The first-order chi connectivity index (χ1) is 10.5. The summed E-state index contributed by atoms with van der Waals surface area (Å²) in [6.07, 6.45) is 0.337. The van der Waals surface area contributed by atoms with Crippen molar-refractivity contribution in [3.8, 4) is 5.75 Å². The highest BCUT2D eigenvalue weighted by molar-refractivity contribution is 6.30. The van der Waals surface area contributed by atoms with Gasteiger partial charge in [0, 0.05) is 10.7 Å². The van der Waals surface area contributed by atoms with Crippen LogP contribution in [-0.4, -0.2) is 21.9 Å². The molecule has 0 bridgehead atoms. The number of nitrogens with one attached hydrogen (secondary N) is 1. The van der Waals surface area contributed by atoms with Crippen molar-refractivity contribution < 1.29 is 14.5 Å². The summed E-state index contributed by atoms with van der Waals surface area (Å²) in [6, 6.07) is 9.49. The number of pyridine rings is 1. The zero-order valence-corrected chi connectivity index (χ0v) is 12.3. The second-order valence-corrected chi connectivity index (χ2v) is 4.78. The number of halogens is 1. The van der Waals surface area contributed by atoms with Crippen molar-refractivity contribution >= 4 is 29.0 Å². The standard InChI is InChI=1S/C14H12ClN3O4/c1-9(14(19)17-11-5-2-4-10(15)8-11)22-12-6-3-7-16-13(12)18(20)21/h2-9H,1H3,(H,17,19)/t9-/m0/s1. The van der Waals surface area contributed by atoms with Crippen LogP contribution in [0.4, 0.5) is 11.5 Å². The summed E-state index contributed by atoms with van der Waals surface area (Å²) >= 11 is 5.83. The molecule has 0 aliphatic heterocycles. The molecular formula is C14H12ClN3O4. The van der Waals surface area contributed by atoms with Gasteiger partial charge in [0.05, 0.1) is 0 Å². The maximum atomic E-state index is 12.0. The van der Waals surface area contributed by atoms with Crippen LogP contribution < -0.4 is 10.1 Å². The topological polar surface area (TPSA) is 94.4 Å². The summed E-state index contributed by atoms with van der Waals surface area (Å²) in [6.45, 7) is 1.48. The van der Waals surface area contributed by atoms with Crippen molar-refractivity contribution in [2.45, 2.75) is 13.0 Å². The SMILES string of the molecule is C[C@H](Oc1cccnc1[N+](=O)[O-])C(=O)Nc1cccc(Cl)c1. The van der Waals surface area contributed by atoms with Gasteiger partial charge in [0.25, 0.3) is 5.91 Å². The molecule has 0 aliphatic rings. The van der Waals surface area contributed by atoms with E-state index in [1.54, 1.807) is 24.3 Å². The fourth-order valence-electron chi connectivity index (χ4n) is 1.67. The van der Waals surface area contributed by atoms with Gasteiger partial charge >= 0.3 is 5.82 Å². The van der Waals surface area contributed by atoms with Crippen LogP contribution in [0.25, 0.3) is 0 Å². The van der Waals surface area contributed by atoms with Crippen molar-refractivity contribution in [3.63, 3.8) is 0 Å². The molecule has 1 N–H and O–H groups in total. The van der Waals surface area contributed by atoms with E-state index in [4.69, 9.17) is 16.3 Å². The minimum Gasteiger partial charge on any atom is -0.473 e. The third-order valence-corrected chi connectivity index (χ3v) is 2.92. The summed E-state index contributed by atoms with van der Waals surface area (Å²) < 4.78 is 5.32. The molecule has 1 aromatic carbocycles. The van der Waals surface area contributed by atoms with Gasteiger partial charge in [0.2, 0.25) is 5.75 Å². The molecule has 0 saturated heterocycles. The van der Waals surface area contributed by atoms with Crippen LogP contribution in [0.1, 0.15) is 6.92 Å². The molecule has 0 radical (unpaired) electrons. The summed E-state index contributed by atoms with van der Waals surface area (Å²) in [7, 11) is 0. The van der Waals surface area contributed by atoms with Crippen LogP contribution in [0, 0.1) is 10.1 Å². The van der Waals surface area contributed by atoms with Gasteiger partial charge < -0.3 is 20.2 Å². The molecule has 0 saturated carbocycles. The molecule has 1 heterocycles. The van der Waals surface area contributed by atoms with Gasteiger partial charge in [0.1, 0.15) is 6.20 Å². The minimum atomic E-state index is -0.943. The Bertz CT molecular complexity index is 708. The molecule has 114 valence electrons. The number of aromatic nitrogens is 1. The van der Waals surface area contributed by atoms with Gasteiger partial charge in [-0.25, -0.2) is 0 Å². The van der Waals surface area contributed by atoms with Crippen LogP contribution in [0.15, 0.2) is 42.6 Å². The predicted octanol–water partition coefficient (Wildman–Crippen LogP) is 3.05. The van der Waals surface area contributed by atoms with Gasteiger partial charge in [-0.05, 0) is 47.2 Å². The summed E-state index contributed by atoms with van der Waals surface area (Å²) in [5.41, 5.74) is 0.508. The van der Waals surface area contributed by atoms with E-state index >= 15 is 0 Å². The normalized spacial score (nSPS) is 11.5. The second-order valence-electron chi connectivity index (χ2n) is 4.34. The van der Waals surface area contributed by atoms with Crippen LogP contribution in [0.5, 0.6) is 5.75 Å². The van der Waals surface area contributed by atoms with E-state index in [1.807, 2.05) is 0 Å². The van der Waals surface area contributed by atoms with E-state index in [2.05, 4.69) is 10.3 Å². The molecule has 0 unspecified atom stereocenters. The Balaban J connectivity index is 2.07. The lowest BCUT2D eigenvalue weighted by molar-refractivity contribution is -0.390. The third-order valence-electron chi connectivity index (χ3n) is 2.69. The largest absolute Gasteiger partial charge is 0.473 e. The van der Waals surface area contributed by atoms with Crippen LogP contribution >= 0.6 is 11.6 Å². The molecule has 1 aromatic heterocycles. The first-order valence-corrected chi connectivity index (χ1v) is 6.67. The van der Waals surface area contributed by atoms with Gasteiger partial charge in [-0.2, -0.15) is 0 Å². The molecule has 1 amide bonds. The third kappa shape index (κ3) is 3.92. The van der Waals surface area contributed by atoms with Crippen molar-refractivity contribution in [3.05, 3.63) is 57.7 Å². The monoisotopic (exact) mass is 321 g/mol. The average Bonchev–Trinajstić information content (AvgIpc) is 2.47. The minimum absolute atomic E-state index is 0.0683. The first kappa shape index (κ1) is 15.7. The number of hydrogen-bond donors (Lipinski definition) is 1. The van der Waals surface area contributed by atoms with Crippen LogP contribution in [0.3, 0.4) is 0 Å². The van der Waals surface area contributed by atoms with Crippen molar-refractivity contribution in [2.75, 3.05) is 5.32 Å². The number of nitrogens with zero attached hydrogens (tertiary/aromatic N) is 2. The molecule has 0 spiro atoms. The Kier molecular flexibility index (Phi) is 4.90. The van der Waals surface area contributed by atoms with Crippen LogP contribution in [0.2, 0.25) is 5.02 Å². The smallest absolute Gasteiger partial charge is 0.406 e. The highest BCUT2D eigenvalue weighted by Gasteiger charge is 2.21. The fourth-order valence-corrected chi connectivity index (χ4v) is 1.86. The van der Waals surface area contributed by atoms with E-state index in [0.717, 1.165) is 0 Å². The average molecular weight is 322 g/mol. The van der Waals surface area contributed by atoms with E-state index in [1.165, 1.54) is 25.3 Å². The number of anilines is 1. The lowest BCUT2D eigenvalue weighted by Crippen LogP contribution is -2.30. The number of benzene rings is 1. The number of carbonyl (C=O) groups excluding carboxylic acids is 1. The number of carbonyl (C=O) groups is 1. The summed E-state index contributed by atoms with van der Waals surface area (Å²) in [5, 5.41) is 13.9. The molecular weight excluding hydrogens is 310 g/mol. The zero-order valence-electron chi connectivity index (χ0n) is 11.5. The number of nitro groups is 1. The van der Waals surface area contributed by atoms with Crippen LogP contribution in [-0.2, 0) is 4.79 Å². The van der Waals surface area contributed by atoms with Gasteiger partial charge in [-0.15, -0.1) is 0 Å². The highest BCUT2D eigenvalue weighted by Crippen LogP contribution is 2.24. The van der Waals surface area contributed by atoms with Gasteiger partial charge in [-0.1, -0.05) is 17.7 Å². The number of hydrogen-bond acceptors (Lipinski definition) is 5. The predicted molar refractivity (Wildman–Crippen MR) is 81.1 cm³/mol. The fraction of sp³-hybridized carbons (Fsp3) is 0.143. The van der Waals surface area contributed by atoms with E-state index in [-0.39, 0.29) is 5.75 Å². The summed E-state index contributed by atoms with van der Waals surface area (Å²) in [5.74, 6) is -0.966. The molecule has 2 rings (SSSR count). The lowest BCUT2D eigenvalue weighted by atomic mass is 10.3. The number of rotatable bonds is 5. The van der Waals surface area contributed by atoms with E-state index in [9.17, 15) is 14.9 Å². The van der Waals surface area contributed by atoms with Crippen molar-refractivity contribution in [1.29, 1.82) is 0 Å². The molecule has 0 aliphatic carbocycles. The molecule has 0 fully saturated rings. The Morgan fingerprint density at radius 3 is 2.86 bits per heavy atom. The van der Waals surface area contributed by atoms with Crippen molar-refractivity contribution in [1.82, 2.24) is 4.98 Å². The highest BCUT2D eigenvalue weighted by atomic mass is 35.5. The maximum Gasteiger partial charge on any atom is 0.406 e. The summed E-state index contributed by atoms with van der Waals surface area (Å²) in [4.78, 5) is 25.8. The lowest BCUT2D eigenvalue weighted by Gasteiger charge is -2.14. The Hall–Kier alpha value is -2.67. The van der Waals surface area contributed by atoms with Crippen molar-refractivity contribution in [2.24, 2.45) is 0 Å². The van der Waals surface area contributed by atoms with E-state index in [0.29, 0.717) is 10.7 Å². The zero-order chi connectivity index (χ0) is 16.1. The van der Waals surface area contributed by atoms with Gasteiger partial charge in [0.15, 0.2) is 6.10 Å². The number of amides is 1. The maximum absolute atomic E-state index is 12.0. The quantitative estimate of drug-likeness (QED) is 0.674. The second kappa shape index (κ2) is 6.86. The molecule has 7 nitrogen and oxygen atoms in total.